The zero-order chi connectivity index (χ0) is 17.2. The summed E-state index contributed by atoms with van der Waals surface area (Å²) in [5.41, 5.74) is 0.0335. The Morgan fingerprint density at radius 3 is 2.00 bits per heavy atom. The van der Waals surface area contributed by atoms with E-state index >= 15 is 0 Å². The van der Waals surface area contributed by atoms with Crippen LogP contribution in [0.4, 0.5) is 0 Å². The summed E-state index contributed by atoms with van der Waals surface area (Å²) in [5, 5.41) is 2.79. The lowest BCUT2D eigenvalue weighted by atomic mass is 9.81. The van der Waals surface area contributed by atoms with E-state index in [0.717, 1.165) is 12.5 Å². The van der Waals surface area contributed by atoms with Gasteiger partial charge in [-0.3, -0.25) is 4.79 Å². The maximum Gasteiger partial charge on any atom is 0.306 e. The molecule has 1 unspecified atom stereocenters. The van der Waals surface area contributed by atoms with Gasteiger partial charge in [0.15, 0.2) is 0 Å². The molecule has 0 aliphatic carbocycles. The van der Waals surface area contributed by atoms with E-state index in [0.29, 0.717) is 6.42 Å². The third-order valence-electron chi connectivity index (χ3n) is 5.53. The highest BCUT2D eigenvalue weighted by Crippen LogP contribution is 2.38. The fourth-order valence-electron chi connectivity index (χ4n) is 3.67. The van der Waals surface area contributed by atoms with Crippen molar-refractivity contribution >= 4 is 24.4 Å². The minimum absolute atomic E-state index is 0.0178. The van der Waals surface area contributed by atoms with Gasteiger partial charge in [0, 0.05) is 11.8 Å². The molecule has 1 aliphatic heterocycles. The van der Waals surface area contributed by atoms with Crippen LogP contribution in [0.2, 0.25) is 12.6 Å². The molecule has 3 heteroatoms. The van der Waals surface area contributed by atoms with Crippen LogP contribution in [-0.4, -0.2) is 20.1 Å². The van der Waals surface area contributed by atoms with Crippen molar-refractivity contribution < 1.29 is 9.53 Å². The first-order chi connectivity index (χ1) is 11.4. The molecule has 0 spiro atoms. The summed E-state index contributed by atoms with van der Waals surface area (Å²) in [5.74, 6) is -0.0446. The summed E-state index contributed by atoms with van der Waals surface area (Å²) < 4.78 is 5.84. The second-order valence-corrected chi connectivity index (χ2v) is 12.0. The summed E-state index contributed by atoms with van der Waals surface area (Å²) in [4.78, 5) is 11.9. The molecule has 1 aliphatic rings. The van der Waals surface area contributed by atoms with Gasteiger partial charge in [0.05, 0.1) is 0 Å². The van der Waals surface area contributed by atoms with Gasteiger partial charge in [0.25, 0.3) is 0 Å². The van der Waals surface area contributed by atoms with E-state index in [1.165, 1.54) is 10.4 Å². The van der Waals surface area contributed by atoms with Crippen molar-refractivity contribution in [3.8, 4) is 0 Å². The third kappa shape index (κ3) is 3.32. The van der Waals surface area contributed by atoms with E-state index in [2.05, 4.69) is 81.1 Å². The number of rotatable bonds is 4. The second-order valence-electron chi connectivity index (χ2n) is 7.74. The van der Waals surface area contributed by atoms with Gasteiger partial charge in [-0.25, -0.2) is 0 Å². The number of cyclic esters (lactones) is 1. The van der Waals surface area contributed by atoms with Crippen LogP contribution >= 0.6 is 0 Å². The molecule has 0 N–H and O–H groups in total. The molecule has 1 fully saturated rings. The van der Waals surface area contributed by atoms with Crippen LogP contribution in [0.15, 0.2) is 60.7 Å². The lowest BCUT2D eigenvalue weighted by molar-refractivity contribution is -0.162. The molecule has 0 amide bonds. The minimum atomic E-state index is -1.98. The van der Waals surface area contributed by atoms with Crippen molar-refractivity contribution in [3.63, 3.8) is 0 Å². The molecule has 24 heavy (non-hydrogen) atoms. The first-order valence-electron chi connectivity index (χ1n) is 8.72. The molecule has 126 valence electrons. The molecular weight excluding hydrogens is 312 g/mol. The first-order valence-corrected chi connectivity index (χ1v) is 11.4. The van der Waals surface area contributed by atoms with Crippen LogP contribution in [-0.2, 0) is 9.53 Å². The standard InChI is InChI=1S/C21H26O2Si/c1-21(2)15-14-20(22)23-19(21)16-24(3,17-10-6-4-7-11-17)18-12-8-5-9-13-18/h4-13,19H,14-16H2,1-3H3. The topological polar surface area (TPSA) is 26.3 Å². The van der Waals surface area contributed by atoms with Crippen LogP contribution in [0.25, 0.3) is 0 Å². The largest absolute Gasteiger partial charge is 0.462 e. The summed E-state index contributed by atoms with van der Waals surface area (Å²) in [6.07, 6.45) is 1.43. The lowest BCUT2D eigenvalue weighted by Crippen LogP contribution is -2.59. The highest BCUT2D eigenvalue weighted by molar-refractivity contribution is 7.01. The monoisotopic (exact) mass is 338 g/mol. The SMILES string of the molecule is CC1(C)CCC(=O)OC1C[Si](C)(c1ccccc1)c1ccccc1. The zero-order valence-corrected chi connectivity index (χ0v) is 15.8. The maximum absolute atomic E-state index is 11.9. The van der Waals surface area contributed by atoms with Gasteiger partial charge in [-0.15, -0.1) is 0 Å². The van der Waals surface area contributed by atoms with Crippen molar-refractivity contribution in [2.24, 2.45) is 5.41 Å². The van der Waals surface area contributed by atoms with Crippen LogP contribution < -0.4 is 10.4 Å². The summed E-state index contributed by atoms with van der Waals surface area (Å²) >= 11 is 0. The fourth-order valence-corrected chi connectivity index (χ4v) is 7.70. The van der Waals surface area contributed by atoms with Crippen LogP contribution in [0.1, 0.15) is 26.7 Å². The molecule has 0 saturated carbocycles. The average Bonchev–Trinajstić information content (AvgIpc) is 2.60. The Balaban J connectivity index is 2.01. The van der Waals surface area contributed by atoms with Gasteiger partial charge in [0.2, 0.25) is 0 Å². The zero-order valence-electron chi connectivity index (χ0n) is 14.8. The third-order valence-corrected chi connectivity index (χ3v) is 9.94. The smallest absolute Gasteiger partial charge is 0.306 e. The first kappa shape index (κ1) is 17.0. The van der Waals surface area contributed by atoms with Gasteiger partial charge in [-0.2, -0.15) is 0 Å². The predicted octanol–water partition coefficient (Wildman–Crippen LogP) is 3.61. The van der Waals surface area contributed by atoms with Gasteiger partial charge < -0.3 is 4.74 Å². The number of esters is 1. The normalized spacial score (nSPS) is 20.5. The number of ether oxygens (including phenoxy) is 1. The Hall–Kier alpha value is -1.87. The van der Waals surface area contributed by atoms with Gasteiger partial charge in [0.1, 0.15) is 14.2 Å². The Morgan fingerprint density at radius 2 is 1.50 bits per heavy atom. The minimum Gasteiger partial charge on any atom is -0.462 e. The Kier molecular flexibility index (Phi) is 4.64. The van der Waals surface area contributed by atoms with Gasteiger partial charge in [-0.05, 0) is 12.5 Å². The van der Waals surface area contributed by atoms with Crippen molar-refractivity contribution in [1.29, 1.82) is 0 Å². The van der Waals surface area contributed by atoms with Crippen molar-refractivity contribution in [2.45, 2.75) is 45.4 Å². The maximum atomic E-state index is 11.9. The summed E-state index contributed by atoms with van der Waals surface area (Å²) in [7, 11) is -1.98. The second kappa shape index (κ2) is 6.56. The van der Waals surface area contributed by atoms with E-state index in [1.54, 1.807) is 0 Å². The van der Waals surface area contributed by atoms with Gasteiger partial charge in [-0.1, -0.05) is 91.4 Å². The number of benzene rings is 2. The lowest BCUT2D eigenvalue weighted by Gasteiger charge is -2.42. The molecule has 2 nitrogen and oxygen atoms in total. The number of hydrogen-bond acceptors (Lipinski definition) is 2. The Morgan fingerprint density at radius 1 is 1.00 bits per heavy atom. The Bertz CT molecular complexity index is 655. The molecule has 2 aromatic carbocycles. The quantitative estimate of drug-likeness (QED) is 0.629. The van der Waals surface area contributed by atoms with Crippen LogP contribution in [0, 0.1) is 5.41 Å². The molecule has 1 atom stereocenters. The molecule has 0 bridgehead atoms. The highest BCUT2D eigenvalue weighted by atomic mass is 28.3. The molecule has 1 saturated heterocycles. The molecule has 2 aromatic rings. The highest BCUT2D eigenvalue weighted by Gasteiger charge is 2.44. The van der Waals surface area contributed by atoms with Crippen molar-refractivity contribution in [2.75, 3.05) is 0 Å². The number of hydrogen-bond donors (Lipinski definition) is 0. The van der Waals surface area contributed by atoms with Crippen molar-refractivity contribution in [3.05, 3.63) is 60.7 Å². The fraction of sp³-hybridized carbons (Fsp3) is 0.381. The Labute approximate surface area is 145 Å². The van der Waals surface area contributed by atoms with E-state index in [1.807, 2.05) is 0 Å². The number of carbonyl (C=O) groups excluding carboxylic acids is 1. The number of carbonyl (C=O) groups is 1. The molecule has 3 rings (SSSR count). The molecule has 1 heterocycles. The van der Waals surface area contributed by atoms with E-state index in [9.17, 15) is 4.79 Å². The molecule has 0 aromatic heterocycles. The molecule has 0 radical (unpaired) electrons. The summed E-state index contributed by atoms with van der Waals surface area (Å²) in [6.45, 7) is 6.86. The van der Waals surface area contributed by atoms with Crippen LogP contribution in [0.3, 0.4) is 0 Å². The van der Waals surface area contributed by atoms with Crippen molar-refractivity contribution in [1.82, 2.24) is 0 Å². The van der Waals surface area contributed by atoms with E-state index in [-0.39, 0.29) is 17.5 Å². The van der Waals surface area contributed by atoms with Crippen LogP contribution in [0.5, 0.6) is 0 Å². The van der Waals surface area contributed by atoms with Gasteiger partial charge >= 0.3 is 5.97 Å². The predicted molar refractivity (Wildman–Crippen MR) is 101 cm³/mol. The van der Waals surface area contributed by atoms with E-state index in [4.69, 9.17) is 4.74 Å². The van der Waals surface area contributed by atoms with E-state index < -0.39 is 8.07 Å². The summed E-state index contributed by atoms with van der Waals surface area (Å²) in [6, 6.07) is 22.4. The molecular formula is C21H26O2Si. The average molecular weight is 339 g/mol.